The summed E-state index contributed by atoms with van der Waals surface area (Å²) < 4.78 is 11.4. The van der Waals surface area contributed by atoms with Gasteiger partial charge in [0.1, 0.15) is 11.5 Å². The molecule has 0 saturated heterocycles. The number of carbonyl (C=O) groups excluding carboxylic acids is 1. The van der Waals surface area contributed by atoms with Gasteiger partial charge in [0.25, 0.3) is 0 Å². The maximum atomic E-state index is 11.9. The first-order valence-electron chi connectivity index (χ1n) is 6.70. The Balaban J connectivity index is 1.95. The highest BCUT2D eigenvalue weighted by Gasteiger charge is 2.29. The molecule has 0 aromatic heterocycles. The Bertz CT molecular complexity index is 636. The van der Waals surface area contributed by atoms with Crippen LogP contribution in [0.25, 0.3) is 0 Å². The highest BCUT2D eigenvalue weighted by molar-refractivity contribution is 5.69. The van der Waals surface area contributed by atoms with Crippen LogP contribution in [-0.4, -0.2) is 12.6 Å². The van der Waals surface area contributed by atoms with Crippen molar-refractivity contribution in [3.05, 3.63) is 72.3 Å². The van der Waals surface area contributed by atoms with Crippen LogP contribution in [0.5, 0.6) is 11.5 Å². The lowest BCUT2D eigenvalue weighted by Gasteiger charge is -2.27. The Morgan fingerprint density at radius 2 is 1.71 bits per heavy atom. The van der Waals surface area contributed by atoms with Crippen molar-refractivity contribution in [1.29, 1.82) is 0 Å². The van der Waals surface area contributed by atoms with Gasteiger partial charge >= 0.3 is 6.09 Å². The van der Waals surface area contributed by atoms with E-state index >= 15 is 0 Å². The molecule has 0 bridgehead atoms. The molecule has 1 N–H and O–H groups in total. The average molecular weight is 281 g/mol. The van der Waals surface area contributed by atoms with Crippen LogP contribution < -0.4 is 10.1 Å². The third-order valence-electron chi connectivity index (χ3n) is 3.24. The van der Waals surface area contributed by atoms with Gasteiger partial charge in [-0.2, -0.15) is 0 Å². The number of carbonyl (C=O) groups is 1. The average Bonchev–Trinajstić information content (AvgIpc) is 2.52. The van der Waals surface area contributed by atoms with E-state index in [4.69, 9.17) is 9.47 Å². The van der Waals surface area contributed by atoms with Gasteiger partial charge in [0.05, 0.1) is 0 Å². The largest absolute Gasteiger partial charge is 0.456 e. The van der Waals surface area contributed by atoms with Gasteiger partial charge in [-0.15, -0.1) is 6.58 Å². The van der Waals surface area contributed by atoms with Gasteiger partial charge in [0, 0.05) is 17.7 Å². The number of amides is 1. The third kappa shape index (κ3) is 2.60. The van der Waals surface area contributed by atoms with Crippen molar-refractivity contribution >= 4 is 6.09 Å². The van der Waals surface area contributed by atoms with Crippen LogP contribution in [0.2, 0.25) is 0 Å². The number of fused-ring (bicyclic) bond motifs is 2. The maximum absolute atomic E-state index is 11.9. The minimum atomic E-state index is -0.480. The monoisotopic (exact) mass is 281 g/mol. The Morgan fingerprint density at radius 1 is 1.14 bits per heavy atom. The predicted molar refractivity (Wildman–Crippen MR) is 79.5 cm³/mol. The summed E-state index contributed by atoms with van der Waals surface area (Å²) in [5, 5.41) is 2.62. The van der Waals surface area contributed by atoms with E-state index in [0.717, 1.165) is 11.1 Å². The van der Waals surface area contributed by atoms with Gasteiger partial charge in [0.2, 0.25) is 0 Å². The molecule has 0 atom stereocenters. The minimum Gasteiger partial charge on any atom is -0.456 e. The van der Waals surface area contributed by atoms with Gasteiger partial charge in [-0.3, -0.25) is 0 Å². The molecule has 0 radical (unpaired) electrons. The summed E-state index contributed by atoms with van der Waals surface area (Å²) in [6.45, 7) is 3.93. The Hall–Kier alpha value is -2.75. The molecule has 0 saturated carbocycles. The molecule has 2 aromatic rings. The molecule has 4 heteroatoms. The molecule has 1 aliphatic rings. The number of nitrogens with one attached hydrogen (secondary N) is 1. The highest BCUT2D eigenvalue weighted by atomic mass is 16.6. The zero-order chi connectivity index (χ0) is 14.7. The number of alkyl carbamates (subject to hydrolysis) is 1. The summed E-state index contributed by atoms with van der Waals surface area (Å²) in [7, 11) is 0. The Kier molecular flexibility index (Phi) is 3.60. The van der Waals surface area contributed by atoms with Crippen LogP contribution in [0.4, 0.5) is 4.79 Å². The van der Waals surface area contributed by atoms with Crippen LogP contribution in [0, 0.1) is 0 Å². The topological polar surface area (TPSA) is 47.6 Å². The van der Waals surface area contributed by atoms with Gasteiger partial charge < -0.3 is 14.8 Å². The summed E-state index contributed by atoms with van der Waals surface area (Å²) >= 11 is 0. The molecule has 0 fully saturated rings. The first-order valence-corrected chi connectivity index (χ1v) is 6.70. The zero-order valence-electron chi connectivity index (χ0n) is 11.4. The highest BCUT2D eigenvalue weighted by Crippen LogP contribution is 2.44. The molecule has 21 heavy (non-hydrogen) atoms. The van der Waals surface area contributed by atoms with Crippen molar-refractivity contribution in [3.8, 4) is 11.5 Å². The normalized spacial score (nSPS) is 12.6. The lowest BCUT2D eigenvalue weighted by molar-refractivity contribution is 0.112. The Labute approximate surface area is 123 Å². The van der Waals surface area contributed by atoms with Crippen LogP contribution in [0.3, 0.4) is 0 Å². The van der Waals surface area contributed by atoms with E-state index in [1.54, 1.807) is 6.08 Å². The molecule has 1 heterocycles. The molecule has 1 amide bonds. The number of hydrogen-bond donors (Lipinski definition) is 1. The van der Waals surface area contributed by atoms with E-state index < -0.39 is 12.2 Å². The van der Waals surface area contributed by atoms with E-state index in [0.29, 0.717) is 18.0 Å². The van der Waals surface area contributed by atoms with E-state index in [1.165, 1.54) is 0 Å². The summed E-state index contributed by atoms with van der Waals surface area (Å²) in [6.07, 6.45) is 0.648. The molecule has 0 spiro atoms. The molecule has 4 nitrogen and oxygen atoms in total. The number of rotatable bonds is 3. The van der Waals surface area contributed by atoms with Gasteiger partial charge in [-0.05, 0) is 12.1 Å². The number of para-hydroxylation sites is 2. The second-order valence-corrected chi connectivity index (χ2v) is 4.63. The first-order chi connectivity index (χ1) is 10.3. The van der Waals surface area contributed by atoms with Crippen molar-refractivity contribution in [2.45, 2.75) is 6.10 Å². The van der Waals surface area contributed by atoms with Crippen LogP contribution in [0.1, 0.15) is 17.2 Å². The summed E-state index contributed by atoms with van der Waals surface area (Å²) in [5.74, 6) is 1.41. The fourth-order valence-corrected chi connectivity index (χ4v) is 2.30. The molecular formula is C17H15NO3. The van der Waals surface area contributed by atoms with Crippen molar-refractivity contribution in [2.75, 3.05) is 6.54 Å². The van der Waals surface area contributed by atoms with Gasteiger partial charge in [-0.1, -0.05) is 42.5 Å². The molecule has 106 valence electrons. The van der Waals surface area contributed by atoms with Crippen molar-refractivity contribution in [2.24, 2.45) is 0 Å². The number of ether oxygens (including phenoxy) is 2. The van der Waals surface area contributed by atoms with Crippen molar-refractivity contribution in [3.63, 3.8) is 0 Å². The fraction of sp³-hybridized carbons (Fsp3) is 0.118. The lowest BCUT2D eigenvalue weighted by atomic mass is 9.97. The van der Waals surface area contributed by atoms with Gasteiger partial charge in [-0.25, -0.2) is 4.79 Å². The standard InChI is InChI=1S/C17H15NO3/c1-2-11-18-17(19)21-16-12-7-3-5-9-14(12)20-15-10-6-4-8-13(15)16/h2-10,16H,1,11H2,(H,18,19). The predicted octanol–water partition coefficient (Wildman–Crippen LogP) is 3.79. The molecular weight excluding hydrogens is 266 g/mol. The molecule has 2 aromatic carbocycles. The molecule has 3 rings (SSSR count). The summed E-state index contributed by atoms with van der Waals surface area (Å²) in [5.41, 5.74) is 1.68. The van der Waals surface area contributed by atoms with E-state index in [2.05, 4.69) is 11.9 Å². The maximum Gasteiger partial charge on any atom is 0.408 e. The number of benzene rings is 2. The van der Waals surface area contributed by atoms with E-state index in [9.17, 15) is 4.79 Å². The molecule has 1 aliphatic heterocycles. The van der Waals surface area contributed by atoms with Crippen molar-refractivity contribution in [1.82, 2.24) is 5.32 Å². The zero-order valence-corrected chi connectivity index (χ0v) is 11.4. The van der Waals surface area contributed by atoms with Crippen LogP contribution in [0.15, 0.2) is 61.2 Å². The summed E-state index contributed by atoms with van der Waals surface area (Å²) in [6, 6.07) is 15.1. The van der Waals surface area contributed by atoms with Crippen LogP contribution in [-0.2, 0) is 4.74 Å². The quantitative estimate of drug-likeness (QED) is 0.871. The molecule has 0 unspecified atom stereocenters. The smallest absolute Gasteiger partial charge is 0.408 e. The van der Waals surface area contributed by atoms with E-state index in [-0.39, 0.29) is 0 Å². The second kappa shape index (κ2) is 5.71. The van der Waals surface area contributed by atoms with E-state index in [1.807, 2.05) is 48.5 Å². The minimum absolute atomic E-state index is 0.366. The second-order valence-electron chi connectivity index (χ2n) is 4.63. The number of hydrogen-bond acceptors (Lipinski definition) is 3. The van der Waals surface area contributed by atoms with Crippen molar-refractivity contribution < 1.29 is 14.3 Å². The first kappa shape index (κ1) is 13.2. The lowest BCUT2D eigenvalue weighted by Crippen LogP contribution is -2.27. The summed E-state index contributed by atoms with van der Waals surface area (Å²) in [4.78, 5) is 11.9. The van der Waals surface area contributed by atoms with Crippen LogP contribution >= 0.6 is 0 Å². The fourth-order valence-electron chi connectivity index (χ4n) is 2.30. The SMILES string of the molecule is C=CCNC(=O)OC1c2ccccc2Oc2ccccc21. The van der Waals surface area contributed by atoms with Gasteiger partial charge in [0.15, 0.2) is 6.10 Å². The molecule has 0 aliphatic carbocycles. The third-order valence-corrected chi connectivity index (χ3v) is 3.24. The Morgan fingerprint density at radius 3 is 2.29 bits per heavy atom.